The number of rotatable bonds is 2. The second-order valence-corrected chi connectivity index (χ2v) is 2.84. The molecule has 0 amide bonds. The largest absolute Gasteiger partial charge is 0.433 e. The minimum atomic E-state index is -4.50. The van der Waals surface area contributed by atoms with E-state index in [9.17, 15) is 13.2 Å². The van der Waals surface area contributed by atoms with Gasteiger partial charge in [-0.2, -0.15) is 13.2 Å². The van der Waals surface area contributed by atoms with Gasteiger partial charge in [-0.15, -0.1) is 6.58 Å². The van der Waals surface area contributed by atoms with Gasteiger partial charge in [0.25, 0.3) is 0 Å². The van der Waals surface area contributed by atoms with E-state index in [-0.39, 0.29) is 12.1 Å². The first-order chi connectivity index (χ1) is 6.43. The third-order valence-electron chi connectivity index (χ3n) is 1.40. The molecule has 1 heterocycles. The van der Waals surface area contributed by atoms with E-state index in [0.717, 1.165) is 6.07 Å². The van der Waals surface area contributed by atoms with Gasteiger partial charge in [-0.25, -0.2) is 9.97 Å². The van der Waals surface area contributed by atoms with Crippen molar-refractivity contribution >= 4 is 11.6 Å². The standard InChI is InChI=1S/C8H6ClF3N2/c1-2-3-5-4-6(8(10,11)12)14-7(9)13-5/h2,4H,1,3H2. The van der Waals surface area contributed by atoms with Crippen molar-refractivity contribution < 1.29 is 13.2 Å². The van der Waals surface area contributed by atoms with Crippen molar-refractivity contribution in [1.82, 2.24) is 9.97 Å². The SMILES string of the molecule is C=CCc1cc(C(F)(F)F)nc(Cl)n1. The molecule has 0 unspecified atom stereocenters. The van der Waals surface area contributed by atoms with Gasteiger partial charge in [0.05, 0.1) is 0 Å². The summed E-state index contributed by atoms with van der Waals surface area (Å²) in [4.78, 5) is 6.70. The van der Waals surface area contributed by atoms with Crippen LogP contribution in [0.2, 0.25) is 5.28 Å². The molecule has 14 heavy (non-hydrogen) atoms. The highest BCUT2D eigenvalue weighted by Crippen LogP contribution is 2.28. The zero-order chi connectivity index (χ0) is 10.8. The Morgan fingerprint density at radius 3 is 2.57 bits per heavy atom. The molecule has 1 rings (SSSR count). The molecule has 1 aromatic heterocycles. The summed E-state index contributed by atoms with van der Waals surface area (Å²) in [6.45, 7) is 3.39. The van der Waals surface area contributed by atoms with Crippen LogP contribution in [0.5, 0.6) is 0 Å². The van der Waals surface area contributed by atoms with Crippen molar-refractivity contribution in [2.75, 3.05) is 0 Å². The Morgan fingerprint density at radius 2 is 2.07 bits per heavy atom. The first-order valence-corrected chi connectivity index (χ1v) is 4.03. The summed E-state index contributed by atoms with van der Waals surface area (Å²) in [7, 11) is 0. The van der Waals surface area contributed by atoms with E-state index in [2.05, 4.69) is 16.5 Å². The van der Waals surface area contributed by atoms with Crippen LogP contribution in [-0.2, 0) is 12.6 Å². The first kappa shape index (κ1) is 11.0. The molecule has 2 nitrogen and oxygen atoms in total. The minimum absolute atomic E-state index is 0.201. The lowest BCUT2D eigenvalue weighted by molar-refractivity contribution is -0.141. The Kier molecular flexibility index (Phi) is 3.10. The van der Waals surface area contributed by atoms with Crippen LogP contribution in [0.25, 0.3) is 0 Å². The molecule has 0 spiro atoms. The maximum atomic E-state index is 12.2. The molecule has 0 fully saturated rings. The van der Waals surface area contributed by atoms with Gasteiger partial charge in [0, 0.05) is 12.1 Å². The fourth-order valence-electron chi connectivity index (χ4n) is 0.863. The minimum Gasteiger partial charge on any atom is -0.223 e. The second kappa shape index (κ2) is 3.96. The number of halogens is 4. The molecule has 0 aliphatic rings. The average molecular weight is 223 g/mol. The van der Waals surface area contributed by atoms with Gasteiger partial charge >= 0.3 is 6.18 Å². The van der Waals surface area contributed by atoms with Crippen molar-refractivity contribution in [2.24, 2.45) is 0 Å². The van der Waals surface area contributed by atoms with Gasteiger partial charge in [-0.1, -0.05) is 6.08 Å². The van der Waals surface area contributed by atoms with Crippen LogP contribution in [0.4, 0.5) is 13.2 Å². The first-order valence-electron chi connectivity index (χ1n) is 3.65. The molecule has 0 aromatic carbocycles. The molecular weight excluding hydrogens is 217 g/mol. The van der Waals surface area contributed by atoms with Crippen LogP contribution >= 0.6 is 11.6 Å². The molecule has 6 heteroatoms. The lowest BCUT2D eigenvalue weighted by Gasteiger charge is -2.06. The zero-order valence-corrected chi connectivity index (χ0v) is 7.73. The van der Waals surface area contributed by atoms with Crippen molar-refractivity contribution in [3.63, 3.8) is 0 Å². The van der Waals surface area contributed by atoms with Gasteiger partial charge in [-0.3, -0.25) is 0 Å². The molecule has 0 saturated heterocycles. The molecule has 0 bridgehead atoms. The maximum absolute atomic E-state index is 12.2. The molecule has 76 valence electrons. The van der Waals surface area contributed by atoms with Gasteiger partial charge in [0.2, 0.25) is 5.28 Å². The van der Waals surface area contributed by atoms with Crippen LogP contribution in [0.1, 0.15) is 11.4 Å². The van der Waals surface area contributed by atoms with Crippen molar-refractivity contribution in [2.45, 2.75) is 12.6 Å². The Labute approximate surface area is 83.4 Å². The summed E-state index contributed by atoms with van der Waals surface area (Å²) >= 11 is 5.34. The summed E-state index contributed by atoms with van der Waals surface area (Å²) in [5.74, 6) is 0. The summed E-state index contributed by atoms with van der Waals surface area (Å²) in [5.41, 5.74) is -0.832. The molecule has 0 aliphatic carbocycles. The number of allylic oxidation sites excluding steroid dienone is 1. The average Bonchev–Trinajstić information content (AvgIpc) is 2.02. The van der Waals surface area contributed by atoms with E-state index in [0.29, 0.717) is 0 Å². The fourth-order valence-corrected chi connectivity index (χ4v) is 1.06. The van der Waals surface area contributed by atoms with Crippen LogP contribution in [-0.4, -0.2) is 9.97 Å². The zero-order valence-electron chi connectivity index (χ0n) is 6.98. The summed E-state index contributed by atoms with van der Waals surface area (Å²) in [5, 5.41) is -0.406. The van der Waals surface area contributed by atoms with Gasteiger partial charge in [0.1, 0.15) is 5.69 Å². The van der Waals surface area contributed by atoms with Crippen molar-refractivity contribution in [3.8, 4) is 0 Å². The topological polar surface area (TPSA) is 25.8 Å². The summed E-state index contributed by atoms with van der Waals surface area (Å²) in [6, 6.07) is 0.855. The number of hydrogen-bond donors (Lipinski definition) is 0. The van der Waals surface area contributed by atoms with Crippen LogP contribution in [0, 0.1) is 0 Å². The highest BCUT2D eigenvalue weighted by atomic mass is 35.5. The van der Waals surface area contributed by atoms with Gasteiger partial charge < -0.3 is 0 Å². The highest BCUT2D eigenvalue weighted by Gasteiger charge is 2.33. The van der Waals surface area contributed by atoms with E-state index in [1.807, 2.05) is 0 Å². The fraction of sp³-hybridized carbons (Fsp3) is 0.250. The summed E-state index contributed by atoms with van der Waals surface area (Å²) in [6.07, 6.45) is -2.83. The second-order valence-electron chi connectivity index (χ2n) is 2.50. The normalized spacial score (nSPS) is 11.4. The van der Waals surface area contributed by atoms with Crippen molar-refractivity contribution in [1.29, 1.82) is 0 Å². The predicted octanol–water partition coefficient (Wildman–Crippen LogP) is 2.88. The van der Waals surface area contributed by atoms with Crippen LogP contribution < -0.4 is 0 Å². The number of aromatic nitrogens is 2. The third kappa shape index (κ3) is 2.70. The number of alkyl halides is 3. The molecule has 0 radical (unpaired) electrons. The van der Waals surface area contributed by atoms with E-state index >= 15 is 0 Å². The Bertz CT molecular complexity index is 349. The molecule has 0 N–H and O–H groups in total. The lowest BCUT2D eigenvalue weighted by atomic mass is 10.2. The predicted molar refractivity (Wildman–Crippen MR) is 45.9 cm³/mol. The molecule has 0 aliphatic heterocycles. The van der Waals surface area contributed by atoms with Crippen LogP contribution in [0.15, 0.2) is 18.7 Å². The smallest absolute Gasteiger partial charge is 0.223 e. The molecule has 0 atom stereocenters. The van der Waals surface area contributed by atoms with E-state index in [1.54, 1.807) is 0 Å². The number of nitrogens with zero attached hydrogens (tertiary/aromatic N) is 2. The Hall–Kier alpha value is -1.10. The quantitative estimate of drug-likeness (QED) is 0.568. The van der Waals surface area contributed by atoms with Crippen molar-refractivity contribution in [3.05, 3.63) is 35.4 Å². The van der Waals surface area contributed by atoms with Gasteiger partial charge in [-0.05, 0) is 17.7 Å². The summed E-state index contributed by atoms with van der Waals surface area (Å²) < 4.78 is 36.6. The highest BCUT2D eigenvalue weighted by molar-refractivity contribution is 6.28. The Morgan fingerprint density at radius 1 is 1.43 bits per heavy atom. The van der Waals surface area contributed by atoms with Crippen LogP contribution in [0.3, 0.4) is 0 Å². The Balaban J connectivity index is 3.13. The molecule has 0 saturated carbocycles. The molecule has 1 aromatic rings. The van der Waals surface area contributed by atoms with Gasteiger partial charge in [0.15, 0.2) is 0 Å². The third-order valence-corrected chi connectivity index (χ3v) is 1.56. The lowest BCUT2D eigenvalue weighted by Crippen LogP contribution is -2.10. The number of hydrogen-bond acceptors (Lipinski definition) is 2. The molecular formula is C8H6ClF3N2. The maximum Gasteiger partial charge on any atom is 0.433 e. The van der Waals surface area contributed by atoms with E-state index in [4.69, 9.17) is 11.6 Å². The van der Waals surface area contributed by atoms with E-state index in [1.165, 1.54) is 6.08 Å². The monoisotopic (exact) mass is 222 g/mol. The van der Waals surface area contributed by atoms with E-state index < -0.39 is 17.2 Å².